The number of amides is 1. The Morgan fingerprint density at radius 2 is 1.95 bits per heavy atom. The molecule has 0 bridgehead atoms. The topological polar surface area (TPSA) is 57.6 Å². The maximum absolute atomic E-state index is 12.4. The number of aryl methyl sites for hydroxylation is 1. The van der Waals surface area contributed by atoms with Crippen LogP contribution in [0.3, 0.4) is 0 Å². The standard InChI is InChI=1S/C16H21NO3/c1-3-8-16(15(19)20)9-10-17(11-16)14(18)13-6-4-12(2)5-7-13/h4-7H,3,8-11H2,1-2H3,(H,19,20). The van der Waals surface area contributed by atoms with Gasteiger partial charge >= 0.3 is 5.97 Å². The van der Waals surface area contributed by atoms with E-state index in [0.717, 1.165) is 12.0 Å². The van der Waals surface area contributed by atoms with E-state index < -0.39 is 11.4 Å². The molecule has 1 aliphatic heterocycles. The number of likely N-dealkylation sites (tertiary alicyclic amines) is 1. The van der Waals surface area contributed by atoms with Gasteiger partial charge in [-0.05, 0) is 31.9 Å². The van der Waals surface area contributed by atoms with Gasteiger partial charge in [-0.1, -0.05) is 31.0 Å². The average molecular weight is 275 g/mol. The SMILES string of the molecule is CCCC1(C(=O)O)CCN(C(=O)c2ccc(C)cc2)C1. The Balaban J connectivity index is 2.14. The van der Waals surface area contributed by atoms with Gasteiger partial charge in [-0.25, -0.2) is 0 Å². The first-order valence-corrected chi connectivity index (χ1v) is 7.08. The molecule has 0 saturated carbocycles. The van der Waals surface area contributed by atoms with E-state index >= 15 is 0 Å². The van der Waals surface area contributed by atoms with Crippen molar-refractivity contribution < 1.29 is 14.7 Å². The maximum Gasteiger partial charge on any atom is 0.311 e. The molecule has 4 nitrogen and oxygen atoms in total. The van der Waals surface area contributed by atoms with Crippen LogP contribution in [0.4, 0.5) is 0 Å². The summed E-state index contributed by atoms with van der Waals surface area (Å²) in [5.74, 6) is -0.845. The van der Waals surface area contributed by atoms with Gasteiger partial charge in [0, 0.05) is 18.7 Å². The van der Waals surface area contributed by atoms with Crippen LogP contribution in [0.1, 0.15) is 42.1 Å². The zero-order valence-electron chi connectivity index (χ0n) is 12.1. The number of nitrogens with zero attached hydrogens (tertiary/aromatic N) is 1. The minimum atomic E-state index is -0.779. The fourth-order valence-corrected chi connectivity index (χ4v) is 2.89. The summed E-state index contributed by atoms with van der Waals surface area (Å²) in [6.45, 7) is 4.80. The van der Waals surface area contributed by atoms with Crippen LogP contribution < -0.4 is 0 Å². The van der Waals surface area contributed by atoms with Gasteiger partial charge in [0.25, 0.3) is 5.91 Å². The van der Waals surface area contributed by atoms with Crippen LogP contribution in [-0.4, -0.2) is 35.0 Å². The third kappa shape index (κ3) is 2.69. The van der Waals surface area contributed by atoms with Crippen molar-refractivity contribution in [3.05, 3.63) is 35.4 Å². The minimum absolute atomic E-state index is 0.0655. The van der Waals surface area contributed by atoms with Gasteiger partial charge < -0.3 is 10.0 Å². The first-order valence-electron chi connectivity index (χ1n) is 7.08. The normalized spacial score (nSPS) is 22.0. The molecule has 2 rings (SSSR count). The number of rotatable bonds is 4. The molecule has 1 saturated heterocycles. The smallest absolute Gasteiger partial charge is 0.311 e. The highest BCUT2D eigenvalue weighted by atomic mass is 16.4. The quantitative estimate of drug-likeness (QED) is 0.919. The summed E-state index contributed by atoms with van der Waals surface area (Å²) in [7, 11) is 0. The second-order valence-corrected chi connectivity index (χ2v) is 5.68. The number of carbonyl (C=O) groups is 2. The van der Waals surface area contributed by atoms with E-state index in [-0.39, 0.29) is 5.91 Å². The molecule has 0 radical (unpaired) electrons. The molecule has 1 unspecified atom stereocenters. The highest BCUT2D eigenvalue weighted by Crippen LogP contribution is 2.36. The van der Waals surface area contributed by atoms with Gasteiger partial charge in [-0.3, -0.25) is 9.59 Å². The van der Waals surface area contributed by atoms with Crippen LogP contribution >= 0.6 is 0 Å². The lowest BCUT2D eigenvalue weighted by molar-refractivity contribution is -0.148. The first-order chi connectivity index (χ1) is 9.48. The van der Waals surface area contributed by atoms with Crippen molar-refractivity contribution in [2.45, 2.75) is 33.1 Å². The Labute approximate surface area is 119 Å². The van der Waals surface area contributed by atoms with Crippen LogP contribution in [-0.2, 0) is 4.79 Å². The lowest BCUT2D eigenvalue weighted by Crippen LogP contribution is -2.36. The van der Waals surface area contributed by atoms with Gasteiger partial charge in [0.2, 0.25) is 0 Å². The Bertz CT molecular complexity index is 509. The van der Waals surface area contributed by atoms with Gasteiger partial charge in [0.15, 0.2) is 0 Å². The van der Waals surface area contributed by atoms with Crippen molar-refractivity contribution in [2.24, 2.45) is 5.41 Å². The molecule has 1 N–H and O–H groups in total. The Hall–Kier alpha value is -1.84. The van der Waals surface area contributed by atoms with Gasteiger partial charge in [-0.15, -0.1) is 0 Å². The second kappa shape index (κ2) is 5.65. The number of hydrogen-bond acceptors (Lipinski definition) is 2. The highest BCUT2D eigenvalue weighted by molar-refractivity contribution is 5.95. The molecule has 1 atom stereocenters. The van der Waals surface area contributed by atoms with E-state index in [1.54, 1.807) is 17.0 Å². The summed E-state index contributed by atoms with van der Waals surface area (Å²) in [6.07, 6.45) is 1.99. The van der Waals surface area contributed by atoms with Crippen molar-refractivity contribution in [1.82, 2.24) is 4.90 Å². The number of carbonyl (C=O) groups excluding carboxylic acids is 1. The predicted molar refractivity (Wildman–Crippen MR) is 76.7 cm³/mol. The third-order valence-electron chi connectivity index (χ3n) is 4.12. The fraction of sp³-hybridized carbons (Fsp3) is 0.500. The average Bonchev–Trinajstić information content (AvgIpc) is 2.85. The molecule has 1 amide bonds. The molecule has 1 aliphatic rings. The highest BCUT2D eigenvalue weighted by Gasteiger charge is 2.45. The van der Waals surface area contributed by atoms with Crippen LogP contribution in [0, 0.1) is 12.3 Å². The number of carboxylic acids is 1. The maximum atomic E-state index is 12.4. The largest absolute Gasteiger partial charge is 0.481 e. The molecule has 0 aliphatic carbocycles. The third-order valence-corrected chi connectivity index (χ3v) is 4.12. The summed E-state index contributed by atoms with van der Waals surface area (Å²) in [4.78, 5) is 25.6. The zero-order valence-corrected chi connectivity index (χ0v) is 12.1. The summed E-state index contributed by atoms with van der Waals surface area (Å²) >= 11 is 0. The molecular weight excluding hydrogens is 254 g/mol. The molecule has 0 aromatic heterocycles. The number of hydrogen-bond donors (Lipinski definition) is 1. The molecule has 1 heterocycles. The van der Waals surface area contributed by atoms with Crippen molar-refractivity contribution in [1.29, 1.82) is 0 Å². The lowest BCUT2D eigenvalue weighted by atomic mass is 9.83. The van der Waals surface area contributed by atoms with Crippen molar-refractivity contribution in [3.8, 4) is 0 Å². The molecule has 1 aromatic rings. The van der Waals surface area contributed by atoms with Crippen molar-refractivity contribution in [3.63, 3.8) is 0 Å². The minimum Gasteiger partial charge on any atom is -0.481 e. The Kier molecular flexibility index (Phi) is 4.12. The van der Waals surface area contributed by atoms with E-state index in [1.165, 1.54) is 0 Å². The first kappa shape index (κ1) is 14.6. The van der Waals surface area contributed by atoms with Crippen LogP contribution in [0.5, 0.6) is 0 Å². The zero-order chi connectivity index (χ0) is 14.8. The van der Waals surface area contributed by atoms with E-state index in [4.69, 9.17) is 0 Å². The van der Waals surface area contributed by atoms with Crippen molar-refractivity contribution in [2.75, 3.05) is 13.1 Å². The molecular formula is C16H21NO3. The molecule has 20 heavy (non-hydrogen) atoms. The van der Waals surface area contributed by atoms with E-state index in [9.17, 15) is 14.7 Å². The van der Waals surface area contributed by atoms with Crippen LogP contribution in [0.2, 0.25) is 0 Å². The molecule has 1 aromatic carbocycles. The second-order valence-electron chi connectivity index (χ2n) is 5.68. The van der Waals surface area contributed by atoms with E-state index in [2.05, 4.69) is 0 Å². The number of carboxylic acid groups (broad SMARTS) is 1. The number of aliphatic carboxylic acids is 1. The molecule has 0 spiro atoms. The van der Waals surface area contributed by atoms with Gasteiger partial charge in [0.1, 0.15) is 0 Å². The van der Waals surface area contributed by atoms with Gasteiger partial charge in [0.05, 0.1) is 5.41 Å². The molecule has 1 fully saturated rings. The Morgan fingerprint density at radius 3 is 2.50 bits per heavy atom. The van der Waals surface area contributed by atoms with E-state index in [1.807, 2.05) is 26.0 Å². The summed E-state index contributed by atoms with van der Waals surface area (Å²) in [5.41, 5.74) is 0.983. The van der Waals surface area contributed by atoms with Gasteiger partial charge in [-0.2, -0.15) is 0 Å². The summed E-state index contributed by atoms with van der Waals surface area (Å²) in [5, 5.41) is 9.46. The molecule has 4 heteroatoms. The van der Waals surface area contributed by atoms with Crippen molar-refractivity contribution >= 4 is 11.9 Å². The lowest BCUT2D eigenvalue weighted by Gasteiger charge is -2.24. The number of benzene rings is 1. The summed E-state index contributed by atoms with van der Waals surface area (Å²) in [6, 6.07) is 7.41. The van der Waals surface area contributed by atoms with Crippen LogP contribution in [0.15, 0.2) is 24.3 Å². The molecule has 108 valence electrons. The van der Waals surface area contributed by atoms with Crippen LogP contribution in [0.25, 0.3) is 0 Å². The summed E-state index contributed by atoms with van der Waals surface area (Å²) < 4.78 is 0. The monoisotopic (exact) mass is 275 g/mol. The fourth-order valence-electron chi connectivity index (χ4n) is 2.89. The van der Waals surface area contributed by atoms with E-state index in [0.29, 0.717) is 31.5 Å². The Morgan fingerprint density at radius 1 is 1.30 bits per heavy atom. The predicted octanol–water partition coefficient (Wildman–Crippen LogP) is 2.71.